The van der Waals surface area contributed by atoms with Gasteiger partial charge in [-0.1, -0.05) is 35.5 Å². The van der Waals surface area contributed by atoms with Gasteiger partial charge < -0.3 is 14.6 Å². The zero-order chi connectivity index (χ0) is 18.1. The van der Waals surface area contributed by atoms with Crippen LogP contribution in [0.3, 0.4) is 0 Å². The summed E-state index contributed by atoms with van der Waals surface area (Å²) in [6.07, 6.45) is 1.87. The maximum Gasteiger partial charge on any atom is 0.142 e. The molecule has 0 bridgehead atoms. The highest BCUT2D eigenvalue weighted by molar-refractivity contribution is 5.98. The Labute approximate surface area is 151 Å². The summed E-state index contributed by atoms with van der Waals surface area (Å²) in [5.41, 5.74) is 3.87. The molecule has 2 aromatic heterocycles. The van der Waals surface area contributed by atoms with Crippen molar-refractivity contribution in [2.45, 2.75) is 13.8 Å². The number of benzene rings is 2. The molecule has 0 amide bonds. The number of rotatable bonds is 4. The second-order valence-corrected chi connectivity index (χ2v) is 6.12. The van der Waals surface area contributed by atoms with Crippen molar-refractivity contribution in [2.24, 2.45) is 0 Å². The van der Waals surface area contributed by atoms with Gasteiger partial charge in [0, 0.05) is 17.1 Å². The van der Waals surface area contributed by atoms with Crippen LogP contribution in [0.25, 0.3) is 21.9 Å². The van der Waals surface area contributed by atoms with Gasteiger partial charge in [0.05, 0.1) is 18.5 Å². The summed E-state index contributed by atoms with van der Waals surface area (Å²) in [5.74, 6) is 2.33. The molecule has 0 aliphatic heterocycles. The highest BCUT2D eigenvalue weighted by Crippen LogP contribution is 2.34. The SMILES string of the molecule is COc1ccccc1Nc1cc2c(-c3c(C)noc3C)cccc2cn1. The molecule has 0 fully saturated rings. The third kappa shape index (κ3) is 2.77. The Balaban J connectivity index is 1.83. The number of ether oxygens (including phenoxy) is 1. The summed E-state index contributed by atoms with van der Waals surface area (Å²) >= 11 is 0. The Morgan fingerprint density at radius 1 is 1.04 bits per heavy atom. The summed E-state index contributed by atoms with van der Waals surface area (Å²) in [5, 5.41) is 9.59. The predicted octanol–water partition coefficient (Wildman–Crippen LogP) is 5.26. The van der Waals surface area contributed by atoms with Crippen molar-refractivity contribution in [3.8, 4) is 16.9 Å². The van der Waals surface area contributed by atoms with Gasteiger partial charge in [-0.05, 0) is 43.0 Å². The number of pyridine rings is 1. The first kappa shape index (κ1) is 16.1. The van der Waals surface area contributed by atoms with Crippen LogP contribution in [0.2, 0.25) is 0 Å². The molecule has 1 N–H and O–H groups in total. The standard InChI is InChI=1S/C21H19N3O2/c1-13-21(14(2)26-24-13)16-8-6-7-15-12-22-20(11-17(15)16)23-18-9-4-5-10-19(18)25-3/h4-12H,1-3H3,(H,22,23). The van der Waals surface area contributed by atoms with Crippen molar-refractivity contribution in [3.05, 3.63) is 66.2 Å². The summed E-state index contributed by atoms with van der Waals surface area (Å²) in [7, 11) is 1.66. The quantitative estimate of drug-likeness (QED) is 0.547. The lowest BCUT2D eigenvalue weighted by Gasteiger charge is -2.12. The molecule has 130 valence electrons. The topological polar surface area (TPSA) is 60.2 Å². The van der Waals surface area contributed by atoms with Crippen molar-refractivity contribution >= 4 is 22.3 Å². The predicted molar refractivity (Wildman–Crippen MR) is 103 cm³/mol. The highest BCUT2D eigenvalue weighted by Gasteiger charge is 2.15. The number of nitrogens with zero attached hydrogens (tertiary/aromatic N) is 2. The minimum Gasteiger partial charge on any atom is -0.495 e. The third-order valence-corrected chi connectivity index (χ3v) is 4.44. The van der Waals surface area contributed by atoms with Crippen LogP contribution in [0.15, 0.2) is 59.3 Å². The Bertz CT molecular complexity index is 1070. The van der Waals surface area contributed by atoms with Crippen molar-refractivity contribution in [3.63, 3.8) is 0 Å². The molecule has 0 spiro atoms. The lowest BCUT2D eigenvalue weighted by Crippen LogP contribution is -1.97. The monoisotopic (exact) mass is 345 g/mol. The maximum atomic E-state index is 5.41. The lowest BCUT2D eigenvalue weighted by molar-refractivity contribution is 0.393. The second-order valence-electron chi connectivity index (χ2n) is 6.12. The number of aryl methyl sites for hydroxylation is 2. The average Bonchev–Trinajstić information content (AvgIpc) is 3.00. The number of anilines is 2. The van der Waals surface area contributed by atoms with Gasteiger partial charge in [0.2, 0.25) is 0 Å². The number of fused-ring (bicyclic) bond motifs is 1. The van der Waals surface area contributed by atoms with E-state index in [-0.39, 0.29) is 0 Å². The first-order valence-corrected chi connectivity index (χ1v) is 8.39. The van der Waals surface area contributed by atoms with Crippen LogP contribution < -0.4 is 10.1 Å². The van der Waals surface area contributed by atoms with Crippen LogP contribution in [0, 0.1) is 13.8 Å². The Morgan fingerprint density at radius 3 is 2.65 bits per heavy atom. The second kappa shape index (κ2) is 6.52. The van der Waals surface area contributed by atoms with Crippen LogP contribution in [0.1, 0.15) is 11.5 Å². The molecule has 0 unspecified atom stereocenters. The normalized spacial score (nSPS) is 10.9. The van der Waals surface area contributed by atoms with Gasteiger partial charge in [0.15, 0.2) is 0 Å². The van der Waals surface area contributed by atoms with E-state index in [4.69, 9.17) is 9.26 Å². The van der Waals surface area contributed by atoms with E-state index in [9.17, 15) is 0 Å². The number of para-hydroxylation sites is 2. The van der Waals surface area contributed by atoms with Crippen LogP contribution in [-0.4, -0.2) is 17.3 Å². The molecule has 0 aliphatic carbocycles. The molecule has 5 heteroatoms. The maximum absolute atomic E-state index is 5.41. The van der Waals surface area contributed by atoms with Gasteiger partial charge in [-0.25, -0.2) is 4.98 Å². The van der Waals surface area contributed by atoms with E-state index in [2.05, 4.69) is 27.6 Å². The lowest BCUT2D eigenvalue weighted by atomic mass is 9.98. The molecule has 26 heavy (non-hydrogen) atoms. The van der Waals surface area contributed by atoms with E-state index in [1.807, 2.05) is 56.4 Å². The summed E-state index contributed by atoms with van der Waals surface area (Å²) in [4.78, 5) is 4.54. The number of hydrogen-bond donors (Lipinski definition) is 1. The van der Waals surface area contributed by atoms with Gasteiger partial charge in [0.1, 0.15) is 17.3 Å². The smallest absolute Gasteiger partial charge is 0.142 e. The van der Waals surface area contributed by atoms with Crippen LogP contribution >= 0.6 is 0 Å². The van der Waals surface area contributed by atoms with E-state index >= 15 is 0 Å². The third-order valence-electron chi connectivity index (χ3n) is 4.44. The molecule has 0 saturated carbocycles. The molecule has 0 radical (unpaired) electrons. The number of aromatic nitrogens is 2. The molecule has 0 saturated heterocycles. The fraction of sp³-hybridized carbons (Fsp3) is 0.143. The molecule has 0 atom stereocenters. The van der Waals surface area contributed by atoms with Gasteiger partial charge >= 0.3 is 0 Å². The van der Waals surface area contributed by atoms with Crippen molar-refractivity contribution in [1.82, 2.24) is 10.1 Å². The average molecular weight is 345 g/mol. The molecule has 4 aromatic rings. The summed E-state index contributed by atoms with van der Waals surface area (Å²) in [6.45, 7) is 3.89. The van der Waals surface area contributed by atoms with E-state index in [1.165, 1.54) is 0 Å². The van der Waals surface area contributed by atoms with Gasteiger partial charge in [-0.15, -0.1) is 0 Å². The molecule has 4 rings (SSSR count). The number of methoxy groups -OCH3 is 1. The van der Waals surface area contributed by atoms with Crippen LogP contribution in [-0.2, 0) is 0 Å². The zero-order valence-electron chi connectivity index (χ0n) is 14.9. The van der Waals surface area contributed by atoms with Crippen LogP contribution in [0.5, 0.6) is 5.75 Å². The van der Waals surface area contributed by atoms with Crippen LogP contribution in [0.4, 0.5) is 11.5 Å². The van der Waals surface area contributed by atoms with Crippen molar-refractivity contribution in [2.75, 3.05) is 12.4 Å². The van der Waals surface area contributed by atoms with Crippen molar-refractivity contribution in [1.29, 1.82) is 0 Å². The van der Waals surface area contributed by atoms with Gasteiger partial charge in [-0.3, -0.25) is 0 Å². The largest absolute Gasteiger partial charge is 0.495 e. The fourth-order valence-electron chi connectivity index (χ4n) is 3.21. The van der Waals surface area contributed by atoms with E-state index in [0.717, 1.165) is 50.6 Å². The van der Waals surface area contributed by atoms with Gasteiger partial charge in [0.25, 0.3) is 0 Å². The van der Waals surface area contributed by atoms with Crippen molar-refractivity contribution < 1.29 is 9.26 Å². The van der Waals surface area contributed by atoms with E-state index < -0.39 is 0 Å². The number of nitrogens with one attached hydrogen (secondary N) is 1. The first-order valence-electron chi connectivity index (χ1n) is 8.39. The van der Waals surface area contributed by atoms with E-state index in [0.29, 0.717) is 0 Å². The Morgan fingerprint density at radius 2 is 1.88 bits per heavy atom. The molecule has 0 aliphatic rings. The molecule has 2 aromatic carbocycles. The van der Waals surface area contributed by atoms with Gasteiger partial charge in [-0.2, -0.15) is 0 Å². The Hall–Kier alpha value is -3.34. The summed E-state index contributed by atoms with van der Waals surface area (Å²) in [6, 6.07) is 16.0. The first-order chi connectivity index (χ1) is 12.7. The highest BCUT2D eigenvalue weighted by atomic mass is 16.5. The molecular formula is C21H19N3O2. The fourth-order valence-corrected chi connectivity index (χ4v) is 3.21. The zero-order valence-corrected chi connectivity index (χ0v) is 14.9. The Kier molecular flexibility index (Phi) is 4.05. The minimum atomic E-state index is 0.751. The molecular weight excluding hydrogens is 326 g/mol. The van der Waals surface area contributed by atoms with E-state index in [1.54, 1.807) is 7.11 Å². The molecule has 2 heterocycles. The summed E-state index contributed by atoms with van der Waals surface area (Å²) < 4.78 is 10.8. The number of hydrogen-bond acceptors (Lipinski definition) is 5. The minimum absolute atomic E-state index is 0.751. The molecule has 5 nitrogen and oxygen atoms in total.